The molecule has 0 unspecified atom stereocenters. The van der Waals surface area contributed by atoms with Crippen molar-refractivity contribution in [2.75, 3.05) is 13.2 Å². The minimum atomic E-state index is -0.312. The van der Waals surface area contributed by atoms with Crippen LogP contribution in [0.3, 0.4) is 0 Å². The largest absolute Gasteiger partial charge is 0.484 e. The van der Waals surface area contributed by atoms with Crippen molar-refractivity contribution in [1.82, 2.24) is 5.32 Å². The molecule has 1 aromatic rings. The summed E-state index contributed by atoms with van der Waals surface area (Å²) in [6.07, 6.45) is 1.63. The first-order valence-electron chi connectivity index (χ1n) is 6.75. The van der Waals surface area contributed by atoms with Crippen LogP contribution in [0, 0.1) is 6.92 Å². The molecule has 0 aliphatic heterocycles. The van der Waals surface area contributed by atoms with Crippen molar-refractivity contribution in [1.29, 1.82) is 0 Å². The Labute approximate surface area is 127 Å². The van der Waals surface area contributed by atoms with Crippen LogP contribution in [0.2, 0.25) is 0 Å². The lowest BCUT2D eigenvalue weighted by atomic mass is 9.93. The molecule has 1 amide bonds. The van der Waals surface area contributed by atoms with Crippen molar-refractivity contribution >= 4 is 18.3 Å². The molecule has 0 saturated heterocycles. The molecule has 3 N–H and O–H groups in total. The normalized spacial score (nSPS) is 10.6. The van der Waals surface area contributed by atoms with Gasteiger partial charge in [-0.2, -0.15) is 0 Å². The molecule has 4 nitrogen and oxygen atoms in total. The van der Waals surface area contributed by atoms with Crippen LogP contribution in [-0.2, 0) is 4.79 Å². The summed E-state index contributed by atoms with van der Waals surface area (Å²) in [5.41, 5.74) is 6.60. The Morgan fingerprint density at radius 2 is 1.80 bits per heavy atom. The summed E-state index contributed by atoms with van der Waals surface area (Å²) in [5, 5.41) is 2.97. The number of nitrogens with one attached hydrogen (secondary N) is 1. The molecule has 5 heteroatoms. The number of nitrogens with two attached hydrogens (primary N) is 1. The van der Waals surface area contributed by atoms with Gasteiger partial charge in [0, 0.05) is 6.54 Å². The zero-order valence-corrected chi connectivity index (χ0v) is 13.3. The molecule has 1 rings (SSSR count). The summed E-state index contributed by atoms with van der Waals surface area (Å²) >= 11 is 0. The van der Waals surface area contributed by atoms with E-state index in [9.17, 15) is 4.79 Å². The maximum atomic E-state index is 11.9. The molecule has 0 fully saturated rings. The Balaban J connectivity index is 0.00000361. The predicted octanol–water partition coefficient (Wildman–Crippen LogP) is 2.43. The van der Waals surface area contributed by atoms with Crippen LogP contribution in [0.25, 0.3) is 0 Å². The van der Waals surface area contributed by atoms with E-state index in [0.29, 0.717) is 12.3 Å². The van der Waals surface area contributed by atoms with Crippen molar-refractivity contribution in [2.24, 2.45) is 5.73 Å². The van der Waals surface area contributed by atoms with Gasteiger partial charge in [0.2, 0.25) is 0 Å². The molecule has 0 bridgehead atoms. The van der Waals surface area contributed by atoms with E-state index in [4.69, 9.17) is 10.5 Å². The molecular formula is C15H25ClN2O2. The van der Waals surface area contributed by atoms with E-state index in [0.717, 1.165) is 18.4 Å². The molecule has 0 aliphatic carbocycles. The molecule has 0 aromatic heterocycles. The predicted molar refractivity (Wildman–Crippen MR) is 84.4 cm³/mol. The van der Waals surface area contributed by atoms with Crippen molar-refractivity contribution < 1.29 is 9.53 Å². The van der Waals surface area contributed by atoms with E-state index in [-0.39, 0.29) is 30.5 Å². The lowest BCUT2D eigenvalue weighted by Gasteiger charge is -2.31. The van der Waals surface area contributed by atoms with E-state index < -0.39 is 0 Å². The minimum Gasteiger partial charge on any atom is -0.484 e. The Morgan fingerprint density at radius 3 is 2.25 bits per heavy atom. The van der Waals surface area contributed by atoms with E-state index >= 15 is 0 Å². The van der Waals surface area contributed by atoms with Crippen LogP contribution in [0.4, 0.5) is 0 Å². The number of halogens is 1. The minimum absolute atomic E-state index is 0. The Hall–Kier alpha value is -1.26. The summed E-state index contributed by atoms with van der Waals surface area (Å²) in [6.45, 7) is 6.52. The monoisotopic (exact) mass is 300 g/mol. The van der Waals surface area contributed by atoms with E-state index in [2.05, 4.69) is 5.32 Å². The third-order valence-electron chi connectivity index (χ3n) is 3.54. The number of hydrogen-bond acceptors (Lipinski definition) is 3. The van der Waals surface area contributed by atoms with Gasteiger partial charge >= 0.3 is 0 Å². The summed E-state index contributed by atoms with van der Waals surface area (Å²) in [4.78, 5) is 11.9. The third kappa shape index (κ3) is 5.39. The first kappa shape index (κ1) is 18.7. The maximum absolute atomic E-state index is 11.9. The first-order valence-corrected chi connectivity index (χ1v) is 6.75. The highest BCUT2D eigenvalue weighted by Crippen LogP contribution is 2.14. The second-order valence-corrected chi connectivity index (χ2v) is 4.84. The van der Waals surface area contributed by atoms with Gasteiger partial charge in [-0.1, -0.05) is 31.5 Å². The van der Waals surface area contributed by atoms with Gasteiger partial charge < -0.3 is 15.8 Å². The number of carbonyl (C=O) groups excluding carboxylic acids is 1. The molecule has 0 aliphatic rings. The van der Waals surface area contributed by atoms with Crippen molar-refractivity contribution in [3.63, 3.8) is 0 Å². The Bertz CT molecular complexity index is 395. The number of carbonyl (C=O) groups is 1. The number of amides is 1. The molecule has 0 saturated carbocycles. The van der Waals surface area contributed by atoms with E-state index in [1.54, 1.807) is 0 Å². The Kier molecular flexibility index (Phi) is 8.26. The molecule has 1 aromatic carbocycles. The van der Waals surface area contributed by atoms with Crippen LogP contribution in [0.5, 0.6) is 5.75 Å². The average Bonchev–Trinajstić information content (AvgIpc) is 2.44. The SMILES string of the molecule is CCC(CC)(CN)NC(=O)COc1ccc(C)cc1.Cl. The fraction of sp³-hybridized carbons (Fsp3) is 0.533. The number of hydrogen-bond donors (Lipinski definition) is 2. The molecule has 114 valence electrons. The highest BCUT2D eigenvalue weighted by molar-refractivity contribution is 5.85. The number of rotatable bonds is 7. The van der Waals surface area contributed by atoms with Gasteiger partial charge in [0.05, 0.1) is 5.54 Å². The van der Waals surface area contributed by atoms with E-state index in [1.807, 2.05) is 45.0 Å². The van der Waals surface area contributed by atoms with Crippen molar-refractivity contribution in [3.8, 4) is 5.75 Å². The standard InChI is InChI=1S/C15H24N2O2.ClH/c1-4-15(5-2,11-16)17-14(18)10-19-13-8-6-12(3)7-9-13;/h6-9H,4-5,10-11,16H2,1-3H3,(H,17,18);1H. The van der Waals surface area contributed by atoms with Gasteiger partial charge in [-0.05, 0) is 31.9 Å². The smallest absolute Gasteiger partial charge is 0.258 e. The van der Waals surface area contributed by atoms with Crippen LogP contribution >= 0.6 is 12.4 Å². The number of benzene rings is 1. The second-order valence-electron chi connectivity index (χ2n) is 4.84. The zero-order valence-electron chi connectivity index (χ0n) is 12.4. The van der Waals surface area contributed by atoms with Crippen LogP contribution in [-0.4, -0.2) is 24.6 Å². The maximum Gasteiger partial charge on any atom is 0.258 e. The number of ether oxygens (including phenoxy) is 1. The summed E-state index contributed by atoms with van der Waals surface area (Å²) in [6, 6.07) is 7.63. The van der Waals surface area contributed by atoms with Crippen LogP contribution in [0.1, 0.15) is 32.3 Å². The summed E-state index contributed by atoms with van der Waals surface area (Å²) in [7, 11) is 0. The number of aryl methyl sites for hydroxylation is 1. The highest BCUT2D eigenvalue weighted by atomic mass is 35.5. The van der Waals surface area contributed by atoms with Gasteiger partial charge in [-0.25, -0.2) is 0 Å². The lowest BCUT2D eigenvalue weighted by molar-refractivity contribution is -0.125. The summed E-state index contributed by atoms with van der Waals surface area (Å²) < 4.78 is 5.45. The molecule has 0 spiro atoms. The van der Waals surface area contributed by atoms with Gasteiger partial charge in [0.1, 0.15) is 5.75 Å². The summed E-state index contributed by atoms with van der Waals surface area (Å²) in [5.74, 6) is 0.571. The zero-order chi connectivity index (χ0) is 14.3. The molecular weight excluding hydrogens is 276 g/mol. The third-order valence-corrected chi connectivity index (χ3v) is 3.54. The van der Waals surface area contributed by atoms with Crippen LogP contribution in [0.15, 0.2) is 24.3 Å². The first-order chi connectivity index (χ1) is 9.05. The quantitative estimate of drug-likeness (QED) is 0.813. The van der Waals surface area contributed by atoms with Gasteiger partial charge in [-0.15, -0.1) is 12.4 Å². The van der Waals surface area contributed by atoms with Gasteiger partial charge in [0.15, 0.2) is 6.61 Å². The molecule has 0 radical (unpaired) electrons. The van der Waals surface area contributed by atoms with Gasteiger partial charge in [0.25, 0.3) is 5.91 Å². The average molecular weight is 301 g/mol. The van der Waals surface area contributed by atoms with Crippen molar-refractivity contribution in [3.05, 3.63) is 29.8 Å². The fourth-order valence-corrected chi connectivity index (χ4v) is 1.88. The second kappa shape index (κ2) is 8.82. The Morgan fingerprint density at radius 1 is 1.25 bits per heavy atom. The highest BCUT2D eigenvalue weighted by Gasteiger charge is 2.26. The fourth-order valence-electron chi connectivity index (χ4n) is 1.88. The molecule has 0 atom stereocenters. The molecule has 20 heavy (non-hydrogen) atoms. The topological polar surface area (TPSA) is 64.3 Å². The molecule has 0 heterocycles. The lowest BCUT2D eigenvalue weighted by Crippen LogP contribution is -2.54. The van der Waals surface area contributed by atoms with Crippen molar-refractivity contribution in [2.45, 2.75) is 39.2 Å². The van der Waals surface area contributed by atoms with Crippen LogP contribution < -0.4 is 15.8 Å². The van der Waals surface area contributed by atoms with E-state index in [1.165, 1.54) is 0 Å². The van der Waals surface area contributed by atoms with Gasteiger partial charge in [-0.3, -0.25) is 4.79 Å².